The van der Waals surface area contributed by atoms with Crippen molar-refractivity contribution in [2.45, 2.75) is 41.5 Å². The Labute approximate surface area is 110 Å². The molecule has 0 saturated carbocycles. The average Bonchev–Trinajstić information content (AvgIpc) is 2.70. The Morgan fingerprint density at radius 2 is 1.50 bits per heavy atom. The molecular weight excluding hydrogens is 226 g/mol. The Morgan fingerprint density at radius 3 is 2.00 bits per heavy atom. The maximum atomic E-state index is 4.37. The molecule has 0 aliphatic rings. The molecule has 102 valence electrons. The largest absolute Gasteiger partial charge is 0.371 e. The molecule has 0 fully saturated rings. The standard InChI is InChI=1S/C9H13N5.2C2H6/c1-5-7-8(13-14(5)4)9(10-3)12-6(2)11-7;2*1-2/h1-4H3,(H,10,11,12);2*1-2H3. The first kappa shape index (κ1) is 16.4. The summed E-state index contributed by atoms with van der Waals surface area (Å²) in [5.41, 5.74) is 2.81. The van der Waals surface area contributed by atoms with Crippen LogP contribution >= 0.6 is 0 Å². The first-order valence-corrected chi connectivity index (χ1v) is 6.49. The van der Waals surface area contributed by atoms with Crippen LogP contribution in [0.1, 0.15) is 39.2 Å². The SMILES string of the molecule is CC.CC.CNc1nc(C)nc2c(C)n(C)nc12. The third-order valence-electron chi connectivity index (χ3n) is 2.31. The summed E-state index contributed by atoms with van der Waals surface area (Å²) < 4.78 is 1.82. The van der Waals surface area contributed by atoms with Gasteiger partial charge in [-0.05, 0) is 13.8 Å². The normalized spacial score (nSPS) is 9.11. The molecule has 0 aliphatic carbocycles. The maximum absolute atomic E-state index is 4.37. The highest BCUT2D eigenvalue weighted by Gasteiger charge is 2.11. The van der Waals surface area contributed by atoms with Gasteiger partial charge in [0.05, 0.1) is 5.69 Å². The minimum absolute atomic E-state index is 0.762. The van der Waals surface area contributed by atoms with Gasteiger partial charge in [-0.2, -0.15) is 5.10 Å². The van der Waals surface area contributed by atoms with Crippen LogP contribution in [0, 0.1) is 13.8 Å². The Morgan fingerprint density at radius 1 is 0.944 bits per heavy atom. The van der Waals surface area contributed by atoms with E-state index in [0.29, 0.717) is 0 Å². The minimum Gasteiger partial charge on any atom is -0.371 e. The molecule has 0 bridgehead atoms. The number of anilines is 1. The monoisotopic (exact) mass is 251 g/mol. The summed E-state index contributed by atoms with van der Waals surface area (Å²) in [4.78, 5) is 8.65. The van der Waals surface area contributed by atoms with E-state index in [4.69, 9.17) is 0 Å². The molecule has 0 atom stereocenters. The van der Waals surface area contributed by atoms with Gasteiger partial charge in [0.1, 0.15) is 11.3 Å². The third kappa shape index (κ3) is 3.18. The topological polar surface area (TPSA) is 55.6 Å². The van der Waals surface area contributed by atoms with Gasteiger partial charge >= 0.3 is 0 Å². The second-order valence-electron chi connectivity index (χ2n) is 3.28. The highest BCUT2D eigenvalue weighted by molar-refractivity contribution is 5.86. The van der Waals surface area contributed by atoms with Crippen LogP contribution in [-0.4, -0.2) is 26.8 Å². The zero-order valence-corrected chi connectivity index (χ0v) is 12.8. The first-order valence-electron chi connectivity index (χ1n) is 6.49. The van der Waals surface area contributed by atoms with E-state index in [-0.39, 0.29) is 0 Å². The third-order valence-corrected chi connectivity index (χ3v) is 2.31. The Bertz CT molecular complexity index is 488. The van der Waals surface area contributed by atoms with Crippen molar-refractivity contribution in [2.24, 2.45) is 7.05 Å². The van der Waals surface area contributed by atoms with Crippen molar-refractivity contribution in [2.75, 3.05) is 12.4 Å². The van der Waals surface area contributed by atoms with E-state index in [1.807, 2.05) is 60.3 Å². The lowest BCUT2D eigenvalue weighted by Crippen LogP contribution is -1.97. The van der Waals surface area contributed by atoms with Crippen LogP contribution in [0.4, 0.5) is 5.82 Å². The molecule has 5 nitrogen and oxygen atoms in total. The van der Waals surface area contributed by atoms with Gasteiger partial charge in [-0.3, -0.25) is 4.68 Å². The van der Waals surface area contributed by atoms with E-state index in [1.165, 1.54) is 0 Å². The van der Waals surface area contributed by atoms with Gasteiger partial charge in [0.25, 0.3) is 0 Å². The van der Waals surface area contributed by atoms with Crippen LogP contribution < -0.4 is 5.32 Å². The molecule has 0 unspecified atom stereocenters. The van der Waals surface area contributed by atoms with Gasteiger partial charge in [0.15, 0.2) is 11.3 Å². The first-order chi connectivity index (χ1) is 8.63. The molecule has 0 aliphatic heterocycles. The van der Waals surface area contributed by atoms with E-state index in [9.17, 15) is 0 Å². The lowest BCUT2D eigenvalue weighted by molar-refractivity contribution is 0.750. The van der Waals surface area contributed by atoms with Crippen molar-refractivity contribution >= 4 is 16.9 Å². The maximum Gasteiger partial charge on any atom is 0.158 e. The van der Waals surface area contributed by atoms with Crippen LogP contribution in [0.25, 0.3) is 11.0 Å². The highest BCUT2D eigenvalue weighted by Crippen LogP contribution is 2.20. The fourth-order valence-corrected chi connectivity index (χ4v) is 1.47. The van der Waals surface area contributed by atoms with Crippen molar-refractivity contribution < 1.29 is 0 Å². The summed E-state index contributed by atoms with van der Waals surface area (Å²) >= 11 is 0. The molecule has 2 aromatic rings. The lowest BCUT2D eigenvalue weighted by Gasteiger charge is -2.00. The number of nitrogens with one attached hydrogen (secondary N) is 1. The zero-order valence-electron chi connectivity index (χ0n) is 12.8. The summed E-state index contributed by atoms with van der Waals surface area (Å²) in [5, 5.41) is 7.38. The van der Waals surface area contributed by atoms with Crippen molar-refractivity contribution in [1.29, 1.82) is 0 Å². The molecular formula is C13H25N5. The number of fused-ring (bicyclic) bond motifs is 1. The van der Waals surface area contributed by atoms with Crippen LogP contribution in [0.15, 0.2) is 0 Å². The van der Waals surface area contributed by atoms with E-state index >= 15 is 0 Å². The van der Waals surface area contributed by atoms with E-state index in [2.05, 4.69) is 20.4 Å². The summed E-state index contributed by atoms with van der Waals surface area (Å²) in [6.45, 7) is 11.9. The number of hydrogen-bond acceptors (Lipinski definition) is 4. The molecule has 5 heteroatoms. The Balaban J connectivity index is 0.000000659. The van der Waals surface area contributed by atoms with E-state index in [1.54, 1.807) is 0 Å². The second-order valence-corrected chi connectivity index (χ2v) is 3.28. The number of nitrogens with zero attached hydrogens (tertiary/aromatic N) is 4. The van der Waals surface area contributed by atoms with Gasteiger partial charge < -0.3 is 5.32 Å². The van der Waals surface area contributed by atoms with Crippen LogP contribution in [0.2, 0.25) is 0 Å². The highest BCUT2D eigenvalue weighted by atomic mass is 15.3. The van der Waals surface area contributed by atoms with Crippen molar-refractivity contribution in [3.05, 3.63) is 11.5 Å². The predicted octanol–water partition coefficient (Wildman–Crippen LogP) is 3.07. The Hall–Kier alpha value is -1.65. The molecule has 0 radical (unpaired) electrons. The smallest absolute Gasteiger partial charge is 0.158 e. The van der Waals surface area contributed by atoms with Crippen LogP contribution in [0.5, 0.6) is 0 Å². The summed E-state index contributed by atoms with van der Waals surface area (Å²) in [6, 6.07) is 0. The lowest BCUT2D eigenvalue weighted by atomic mass is 10.3. The molecule has 1 N–H and O–H groups in total. The molecule has 2 rings (SSSR count). The molecule has 2 aromatic heterocycles. The molecule has 0 aromatic carbocycles. The number of aryl methyl sites for hydroxylation is 3. The van der Waals surface area contributed by atoms with Gasteiger partial charge in [-0.15, -0.1) is 0 Å². The molecule has 0 spiro atoms. The van der Waals surface area contributed by atoms with Crippen LogP contribution in [-0.2, 0) is 7.05 Å². The average molecular weight is 251 g/mol. The van der Waals surface area contributed by atoms with Gasteiger partial charge in [0.2, 0.25) is 0 Å². The molecule has 2 heterocycles. The van der Waals surface area contributed by atoms with Crippen LogP contribution in [0.3, 0.4) is 0 Å². The fraction of sp³-hybridized carbons (Fsp3) is 0.615. The van der Waals surface area contributed by atoms with E-state index < -0.39 is 0 Å². The van der Waals surface area contributed by atoms with Gasteiger partial charge in [-0.25, -0.2) is 9.97 Å². The second kappa shape index (κ2) is 7.63. The summed E-state index contributed by atoms with van der Waals surface area (Å²) in [7, 11) is 3.75. The van der Waals surface area contributed by atoms with E-state index in [0.717, 1.165) is 28.4 Å². The number of rotatable bonds is 1. The van der Waals surface area contributed by atoms with Gasteiger partial charge in [0, 0.05) is 14.1 Å². The quantitative estimate of drug-likeness (QED) is 0.846. The number of hydrogen-bond donors (Lipinski definition) is 1. The van der Waals surface area contributed by atoms with Crippen molar-refractivity contribution in [3.63, 3.8) is 0 Å². The van der Waals surface area contributed by atoms with Gasteiger partial charge in [-0.1, -0.05) is 27.7 Å². The number of aromatic nitrogens is 4. The zero-order chi connectivity index (χ0) is 14.3. The summed E-state index contributed by atoms with van der Waals surface area (Å²) in [6.07, 6.45) is 0. The predicted molar refractivity (Wildman–Crippen MR) is 78.0 cm³/mol. The van der Waals surface area contributed by atoms with Crippen molar-refractivity contribution in [3.8, 4) is 0 Å². The fourth-order valence-electron chi connectivity index (χ4n) is 1.47. The van der Waals surface area contributed by atoms with Crippen molar-refractivity contribution in [1.82, 2.24) is 19.7 Å². The Kier molecular flexibility index (Phi) is 6.93. The summed E-state index contributed by atoms with van der Waals surface area (Å²) in [5.74, 6) is 1.55. The minimum atomic E-state index is 0.762. The molecule has 0 saturated heterocycles. The molecule has 18 heavy (non-hydrogen) atoms. The molecule has 0 amide bonds.